The van der Waals surface area contributed by atoms with E-state index in [1.165, 1.54) is 6.92 Å². The molecule has 0 spiro atoms. The summed E-state index contributed by atoms with van der Waals surface area (Å²) in [5, 5.41) is 0. The van der Waals surface area contributed by atoms with Crippen LogP contribution in [0.5, 0.6) is 0 Å². The Labute approximate surface area is 84.8 Å². The van der Waals surface area contributed by atoms with Crippen LogP contribution < -0.4 is 0 Å². The van der Waals surface area contributed by atoms with Crippen LogP contribution in [0.15, 0.2) is 0 Å². The lowest BCUT2D eigenvalue weighted by atomic mass is 10.00. The average molecular weight is 193 g/mol. The summed E-state index contributed by atoms with van der Waals surface area (Å²) >= 11 is 0. The Kier molecular flexibility index (Phi) is 4.11. The summed E-state index contributed by atoms with van der Waals surface area (Å²) in [6.07, 6.45) is 5.45. The summed E-state index contributed by atoms with van der Waals surface area (Å²) in [5.41, 5.74) is 0. The molecular weight excluding hydrogens is 180 g/mol. The van der Waals surface area contributed by atoms with Crippen molar-refractivity contribution < 1.29 is 14.3 Å². The van der Waals surface area contributed by atoms with E-state index < -0.39 is 0 Å². The Morgan fingerprint density at radius 3 is 2.57 bits per heavy atom. The van der Waals surface area contributed by atoms with Crippen LogP contribution in [0.4, 0.5) is 0 Å². The Morgan fingerprint density at radius 2 is 2.07 bits per heavy atom. The fourth-order valence-corrected chi connectivity index (χ4v) is 1.20. The van der Waals surface area contributed by atoms with Gasteiger partial charge in [-0.05, 0) is 39.0 Å². The van der Waals surface area contributed by atoms with Gasteiger partial charge in [0.15, 0.2) is 0 Å². The third-order valence-electron chi connectivity index (χ3n) is 1.88. The van der Waals surface area contributed by atoms with Gasteiger partial charge in [-0.2, -0.15) is 0 Å². The Hall–Kier alpha value is -0.860. The lowest BCUT2D eigenvalue weighted by molar-refractivity contribution is -0.142. The SMILES string of the molecule is CCOC(=O)C[C]1[CH][CH][C](C(C)=O)[CH]1. The molecule has 3 heteroatoms. The molecule has 0 amide bonds. The third-order valence-corrected chi connectivity index (χ3v) is 1.88. The molecule has 3 nitrogen and oxygen atoms in total. The lowest BCUT2D eigenvalue weighted by Crippen LogP contribution is -2.10. The van der Waals surface area contributed by atoms with E-state index in [1.807, 2.05) is 0 Å². The number of ether oxygens (including phenoxy) is 1. The van der Waals surface area contributed by atoms with E-state index in [0.29, 0.717) is 12.5 Å². The van der Waals surface area contributed by atoms with Crippen LogP contribution in [-0.2, 0) is 14.3 Å². The van der Waals surface area contributed by atoms with Gasteiger partial charge < -0.3 is 4.74 Å². The van der Waals surface area contributed by atoms with Gasteiger partial charge in [-0.25, -0.2) is 0 Å². The first-order valence-electron chi connectivity index (χ1n) is 4.55. The van der Waals surface area contributed by atoms with Crippen LogP contribution in [0.1, 0.15) is 20.3 Å². The minimum Gasteiger partial charge on any atom is -0.466 e. The van der Waals surface area contributed by atoms with Crippen molar-refractivity contribution in [3.8, 4) is 0 Å². The zero-order valence-corrected chi connectivity index (χ0v) is 8.37. The van der Waals surface area contributed by atoms with E-state index in [4.69, 9.17) is 4.74 Å². The van der Waals surface area contributed by atoms with Gasteiger partial charge in [0.05, 0.1) is 13.0 Å². The molecule has 0 atom stereocenters. The van der Waals surface area contributed by atoms with Crippen LogP contribution in [0, 0.1) is 31.1 Å². The topological polar surface area (TPSA) is 43.4 Å². The molecule has 1 fully saturated rings. The summed E-state index contributed by atoms with van der Waals surface area (Å²) in [6, 6.07) is 0. The molecule has 75 valence electrons. The number of carbonyl (C=O) groups excluding carboxylic acids is 2. The van der Waals surface area contributed by atoms with Gasteiger partial charge in [-0.1, -0.05) is 0 Å². The number of hydrogen-bond acceptors (Lipinski definition) is 3. The second-order valence-electron chi connectivity index (χ2n) is 3.05. The molecule has 0 bridgehead atoms. The van der Waals surface area contributed by atoms with Crippen molar-refractivity contribution in [3.05, 3.63) is 31.1 Å². The number of esters is 1. The number of hydrogen-bond donors (Lipinski definition) is 0. The van der Waals surface area contributed by atoms with Gasteiger partial charge in [-0.3, -0.25) is 9.59 Å². The molecular formula is C11H13O3. The highest BCUT2D eigenvalue weighted by molar-refractivity contribution is 5.96. The first-order chi connectivity index (χ1) is 6.63. The molecule has 0 saturated heterocycles. The van der Waals surface area contributed by atoms with Gasteiger partial charge in [0.25, 0.3) is 0 Å². The van der Waals surface area contributed by atoms with Gasteiger partial charge in [-0.15, -0.1) is 0 Å². The fraction of sp³-hybridized carbons (Fsp3) is 0.364. The predicted octanol–water partition coefficient (Wildman–Crippen LogP) is 1.30. The highest BCUT2D eigenvalue weighted by Gasteiger charge is 2.31. The summed E-state index contributed by atoms with van der Waals surface area (Å²) < 4.78 is 4.79. The Balaban J connectivity index is 2.28. The molecule has 1 aliphatic carbocycles. The largest absolute Gasteiger partial charge is 0.466 e. The highest BCUT2D eigenvalue weighted by Crippen LogP contribution is 2.34. The minimum atomic E-state index is -0.256. The number of Topliss-reactive ketones (excluding diaryl/α,β-unsaturated/α-hetero) is 1. The van der Waals surface area contributed by atoms with Crippen LogP contribution in [0.3, 0.4) is 0 Å². The van der Waals surface area contributed by atoms with Gasteiger partial charge in [0.2, 0.25) is 0 Å². The number of carbonyl (C=O) groups is 2. The van der Waals surface area contributed by atoms with Gasteiger partial charge >= 0.3 is 5.97 Å². The Bertz CT molecular complexity index is 223. The van der Waals surface area contributed by atoms with E-state index in [2.05, 4.69) is 0 Å². The van der Waals surface area contributed by atoms with Crippen molar-refractivity contribution in [3.63, 3.8) is 0 Å². The first-order valence-corrected chi connectivity index (χ1v) is 4.55. The molecule has 0 unspecified atom stereocenters. The van der Waals surface area contributed by atoms with Crippen molar-refractivity contribution in [1.82, 2.24) is 0 Å². The number of ketones is 1. The molecule has 0 N–H and O–H groups in total. The highest BCUT2D eigenvalue weighted by atomic mass is 16.5. The fourth-order valence-electron chi connectivity index (χ4n) is 1.20. The van der Waals surface area contributed by atoms with E-state index >= 15 is 0 Å². The molecule has 0 aromatic rings. The first kappa shape index (κ1) is 11.2. The molecule has 0 aromatic heterocycles. The monoisotopic (exact) mass is 193 g/mol. The van der Waals surface area contributed by atoms with Crippen LogP contribution in [0.2, 0.25) is 0 Å². The molecule has 14 heavy (non-hydrogen) atoms. The standard InChI is InChI=1S/C11H13O3/c1-3-14-11(13)7-9-4-5-10(6-9)8(2)12/h4-6H,3,7H2,1-2H3. The molecule has 0 heterocycles. The zero-order valence-electron chi connectivity index (χ0n) is 8.37. The Morgan fingerprint density at radius 1 is 1.36 bits per heavy atom. The molecule has 1 aliphatic rings. The van der Waals surface area contributed by atoms with Crippen molar-refractivity contribution in [2.75, 3.05) is 6.61 Å². The predicted molar refractivity (Wildman–Crippen MR) is 51.3 cm³/mol. The van der Waals surface area contributed by atoms with Crippen LogP contribution in [0.25, 0.3) is 0 Å². The van der Waals surface area contributed by atoms with Crippen LogP contribution in [-0.4, -0.2) is 18.4 Å². The second-order valence-corrected chi connectivity index (χ2v) is 3.05. The second kappa shape index (κ2) is 5.13. The maximum absolute atomic E-state index is 11.1. The average Bonchev–Trinajstić information content (AvgIpc) is 2.53. The lowest BCUT2D eigenvalue weighted by Gasteiger charge is -2.07. The quantitative estimate of drug-likeness (QED) is 0.632. The van der Waals surface area contributed by atoms with Crippen molar-refractivity contribution >= 4 is 11.8 Å². The smallest absolute Gasteiger partial charge is 0.306 e. The molecule has 5 radical (unpaired) electrons. The van der Waals surface area contributed by atoms with E-state index in [9.17, 15) is 9.59 Å². The van der Waals surface area contributed by atoms with E-state index in [0.717, 1.165) is 5.92 Å². The normalized spacial score (nSPS) is 18.4. The summed E-state index contributed by atoms with van der Waals surface area (Å²) in [4.78, 5) is 22.0. The summed E-state index contributed by atoms with van der Waals surface area (Å²) in [6.45, 7) is 3.66. The van der Waals surface area contributed by atoms with E-state index in [1.54, 1.807) is 26.2 Å². The molecule has 1 rings (SSSR count). The maximum atomic E-state index is 11.1. The summed E-state index contributed by atoms with van der Waals surface area (Å²) in [5.74, 6) is 1.23. The van der Waals surface area contributed by atoms with E-state index in [-0.39, 0.29) is 18.2 Å². The number of rotatable bonds is 4. The molecule has 0 aliphatic heterocycles. The molecule has 1 saturated carbocycles. The van der Waals surface area contributed by atoms with Crippen molar-refractivity contribution in [2.45, 2.75) is 20.3 Å². The van der Waals surface area contributed by atoms with Gasteiger partial charge in [0.1, 0.15) is 5.78 Å². The van der Waals surface area contributed by atoms with Gasteiger partial charge in [0, 0.05) is 5.92 Å². The third kappa shape index (κ3) is 3.13. The van der Waals surface area contributed by atoms with Crippen molar-refractivity contribution in [2.24, 2.45) is 0 Å². The maximum Gasteiger partial charge on any atom is 0.306 e. The summed E-state index contributed by atoms with van der Waals surface area (Å²) in [7, 11) is 0. The van der Waals surface area contributed by atoms with Crippen LogP contribution >= 0.6 is 0 Å². The zero-order chi connectivity index (χ0) is 10.6. The minimum absolute atomic E-state index is 0.0140. The van der Waals surface area contributed by atoms with Crippen molar-refractivity contribution in [1.29, 1.82) is 0 Å². The molecule has 0 aromatic carbocycles.